The fraction of sp³-hybridized carbons (Fsp3) is 0.391. The first kappa shape index (κ1) is 19.1. The number of aromatic nitrogens is 1. The smallest absolute Gasteiger partial charge is 0.246 e. The molecule has 1 fully saturated rings. The topological polar surface area (TPSA) is 51.2 Å². The Morgan fingerprint density at radius 3 is 2.57 bits per heavy atom. The Hall–Kier alpha value is -2.24. The van der Waals surface area contributed by atoms with Crippen LogP contribution in [0.5, 0.6) is 0 Å². The van der Waals surface area contributed by atoms with Crippen LogP contribution in [0.4, 0.5) is 0 Å². The van der Waals surface area contributed by atoms with Crippen molar-refractivity contribution >= 4 is 27.5 Å². The van der Waals surface area contributed by atoms with Crippen LogP contribution in [0.25, 0.3) is 10.2 Å². The third-order valence-electron chi connectivity index (χ3n) is 5.50. The van der Waals surface area contributed by atoms with Gasteiger partial charge in [0.1, 0.15) is 11.6 Å². The number of benzene rings is 2. The number of amides is 1. The summed E-state index contributed by atoms with van der Waals surface area (Å²) in [6, 6.07) is 18.8. The molecule has 1 saturated carbocycles. The van der Waals surface area contributed by atoms with E-state index in [2.05, 4.69) is 46.7 Å². The van der Waals surface area contributed by atoms with Crippen molar-refractivity contribution in [2.75, 3.05) is 13.2 Å². The number of nitrogens with one attached hydrogen (secondary N) is 1. The summed E-state index contributed by atoms with van der Waals surface area (Å²) in [4.78, 5) is 16.6. The zero-order chi connectivity index (χ0) is 19.2. The summed E-state index contributed by atoms with van der Waals surface area (Å²) in [5, 5.41) is 3.95. The number of hydrogen-bond acceptors (Lipinski definition) is 4. The quantitative estimate of drug-likeness (QED) is 0.620. The summed E-state index contributed by atoms with van der Waals surface area (Å²) >= 11 is 1.62. The minimum absolute atomic E-state index is 0.0358. The molecule has 4 rings (SSSR count). The van der Waals surface area contributed by atoms with Crippen molar-refractivity contribution in [3.63, 3.8) is 0 Å². The van der Waals surface area contributed by atoms with Gasteiger partial charge >= 0.3 is 0 Å². The Bertz CT molecular complexity index is 868. The van der Waals surface area contributed by atoms with Gasteiger partial charge in [0.05, 0.1) is 16.8 Å². The van der Waals surface area contributed by atoms with Gasteiger partial charge in [-0.05, 0) is 55.2 Å². The standard InChI is InChI=1S/C23H26N2O2S/c26-22(15-27-16-23-25-20-8-4-5-9-21(20)28-23)24-14-17-10-12-19(13-11-17)18-6-2-1-3-7-18/h1-9,17,19H,10-16H2,(H,24,26). The Morgan fingerprint density at radius 2 is 1.79 bits per heavy atom. The second-order valence-electron chi connectivity index (χ2n) is 7.50. The van der Waals surface area contributed by atoms with Crippen LogP contribution in [0.2, 0.25) is 0 Å². The number of carbonyl (C=O) groups excluding carboxylic acids is 1. The maximum atomic E-state index is 12.1. The zero-order valence-electron chi connectivity index (χ0n) is 16.0. The van der Waals surface area contributed by atoms with Gasteiger partial charge in [0, 0.05) is 6.54 Å². The minimum atomic E-state index is -0.0358. The molecule has 0 saturated heterocycles. The maximum Gasteiger partial charge on any atom is 0.246 e. The first-order valence-electron chi connectivity index (χ1n) is 10.0. The molecule has 0 radical (unpaired) electrons. The Labute approximate surface area is 169 Å². The van der Waals surface area contributed by atoms with Crippen molar-refractivity contribution in [2.24, 2.45) is 5.92 Å². The molecule has 5 heteroatoms. The van der Waals surface area contributed by atoms with E-state index >= 15 is 0 Å². The number of para-hydroxylation sites is 1. The van der Waals surface area contributed by atoms with E-state index in [0.29, 0.717) is 18.4 Å². The highest BCUT2D eigenvalue weighted by Gasteiger charge is 2.22. The average molecular weight is 395 g/mol. The fourth-order valence-corrected chi connectivity index (χ4v) is 4.85. The largest absolute Gasteiger partial charge is 0.364 e. The lowest BCUT2D eigenvalue weighted by atomic mass is 9.79. The van der Waals surface area contributed by atoms with E-state index in [1.165, 1.54) is 31.2 Å². The van der Waals surface area contributed by atoms with E-state index in [-0.39, 0.29) is 12.5 Å². The number of hydrogen-bond donors (Lipinski definition) is 1. The Kier molecular flexibility index (Phi) is 6.34. The average Bonchev–Trinajstić information content (AvgIpc) is 3.16. The van der Waals surface area contributed by atoms with E-state index in [1.54, 1.807) is 11.3 Å². The Balaban J connectivity index is 1.14. The highest BCUT2D eigenvalue weighted by Crippen LogP contribution is 2.35. The van der Waals surface area contributed by atoms with Crippen molar-refractivity contribution in [2.45, 2.75) is 38.2 Å². The predicted octanol–water partition coefficient (Wildman–Crippen LogP) is 4.90. The number of nitrogens with zero attached hydrogens (tertiary/aromatic N) is 1. The molecule has 0 aliphatic heterocycles. The van der Waals surface area contributed by atoms with Crippen LogP contribution in [0.1, 0.15) is 42.2 Å². The molecule has 1 aliphatic carbocycles. The zero-order valence-corrected chi connectivity index (χ0v) is 16.8. The molecule has 146 valence electrons. The third kappa shape index (κ3) is 4.97. The van der Waals surface area contributed by atoms with Gasteiger partial charge in [0.15, 0.2) is 0 Å². The first-order valence-corrected chi connectivity index (χ1v) is 10.8. The summed E-state index contributed by atoms with van der Waals surface area (Å²) in [5.74, 6) is 1.21. The molecule has 0 spiro atoms. The van der Waals surface area contributed by atoms with Gasteiger partial charge in [0.25, 0.3) is 0 Å². The van der Waals surface area contributed by atoms with E-state index in [4.69, 9.17) is 4.74 Å². The van der Waals surface area contributed by atoms with E-state index in [9.17, 15) is 4.79 Å². The molecule has 4 nitrogen and oxygen atoms in total. The summed E-state index contributed by atoms with van der Waals surface area (Å²) in [6.45, 7) is 1.23. The third-order valence-corrected chi connectivity index (χ3v) is 6.51. The van der Waals surface area contributed by atoms with E-state index < -0.39 is 0 Å². The van der Waals surface area contributed by atoms with Crippen molar-refractivity contribution in [1.82, 2.24) is 10.3 Å². The van der Waals surface area contributed by atoms with Gasteiger partial charge in [-0.15, -0.1) is 11.3 Å². The van der Waals surface area contributed by atoms with Gasteiger partial charge < -0.3 is 10.1 Å². The number of thiazole rings is 1. The lowest BCUT2D eigenvalue weighted by Crippen LogP contribution is -2.33. The molecule has 1 N–H and O–H groups in total. The molecule has 1 heterocycles. The van der Waals surface area contributed by atoms with Crippen molar-refractivity contribution in [3.05, 3.63) is 65.2 Å². The molecular formula is C23H26N2O2S. The lowest BCUT2D eigenvalue weighted by Gasteiger charge is -2.28. The molecule has 1 amide bonds. The normalized spacial score (nSPS) is 19.6. The fourth-order valence-electron chi connectivity index (χ4n) is 3.95. The number of fused-ring (bicyclic) bond motifs is 1. The number of rotatable bonds is 7. The Morgan fingerprint density at radius 1 is 1.04 bits per heavy atom. The monoisotopic (exact) mass is 394 g/mol. The van der Waals surface area contributed by atoms with Crippen molar-refractivity contribution < 1.29 is 9.53 Å². The van der Waals surface area contributed by atoms with Crippen LogP contribution in [0, 0.1) is 5.92 Å². The van der Waals surface area contributed by atoms with E-state index in [1.807, 2.05) is 18.2 Å². The number of carbonyl (C=O) groups is 1. The molecule has 1 aliphatic rings. The SMILES string of the molecule is O=C(COCc1nc2ccccc2s1)NCC1CCC(c2ccccc2)CC1. The van der Waals surface area contributed by atoms with Gasteiger partial charge in [-0.3, -0.25) is 4.79 Å². The van der Waals surface area contributed by atoms with Crippen LogP contribution < -0.4 is 5.32 Å². The van der Waals surface area contributed by atoms with Crippen LogP contribution in [-0.2, 0) is 16.1 Å². The first-order chi connectivity index (χ1) is 13.8. The van der Waals surface area contributed by atoms with Gasteiger partial charge in [-0.1, -0.05) is 42.5 Å². The molecule has 0 atom stereocenters. The predicted molar refractivity (Wildman–Crippen MR) is 113 cm³/mol. The van der Waals surface area contributed by atoms with Crippen LogP contribution in [0.3, 0.4) is 0 Å². The van der Waals surface area contributed by atoms with Crippen molar-refractivity contribution in [1.29, 1.82) is 0 Å². The molecule has 1 aromatic heterocycles. The summed E-state index contributed by atoms with van der Waals surface area (Å²) in [7, 11) is 0. The van der Waals surface area contributed by atoms with Crippen molar-refractivity contribution in [3.8, 4) is 0 Å². The highest BCUT2D eigenvalue weighted by atomic mass is 32.1. The molecule has 3 aromatic rings. The lowest BCUT2D eigenvalue weighted by molar-refractivity contribution is -0.126. The molecule has 0 bridgehead atoms. The highest BCUT2D eigenvalue weighted by molar-refractivity contribution is 7.18. The van der Waals surface area contributed by atoms with Gasteiger partial charge in [0.2, 0.25) is 5.91 Å². The summed E-state index contributed by atoms with van der Waals surface area (Å²) < 4.78 is 6.71. The second kappa shape index (κ2) is 9.30. The number of ether oxygens (including phenoxy) is 1. The summed E-state index contributed by atoms with van der Waals surface area (Å²) in [6.07, 6.45) is 4.76. The minimum Gasteiger partial charge on any atom is -0.364 e. The second-order valence-corrected chi connectivity index (χ2v) is 8.62. The van der Waals surface area contributed by atoms with Crippen LogP contribution in [-0.4, -0.2) is 24.0 Å². The van der Waals surface area contributed by atoms with Gasteiger partial charge in [-0.2, -0.15) is 0 Å². The van der Waals surface area contributed by atoms with Crippen LogP contribution >= 0.6 is 11.3 Å². The molecule has 2 aromatic carbocycles. The molecular weight excluding hydrogens is 368 g/mol. The maximum absolute atomic E-state index is 12.1. The van der Waals surface area contributed by atoms with E-state index in [0.717, 1.165) is 21.8 Å². The summed E-state index contributed by atoms with van der Waals surface area (Å²) in [5.41, 5.74) is 2.44. The van der Waals surface area contributed by atoms with Gasteiger partial charge in [-0.25, -0.2) is 4.98 Å². The molecule has 28 heavy (non-hydrogen) atoms. The molecule has 0 unspecified atom stereocenters. The van der Waals surface area contributed by atoms with Crippen LogP contribution in [0.15, 0.2) is 54.6 Å².